The first kappa shape index (κ1) is 16.4. The van der Waals surface area contributed by atoms with Crippen molar-refractivity contribution >= 4 is 5.91 Å². The van der Waals surface area contributed by atoms with E-state index < -0.39 is 0 Å². The predicted octanol–water partition coefficient (Wildman–Crippen LogP) is 1.74. The van der Waals surface area contributed by atoms with Crippen LogP contribution in [0.3, 0.4) is 0 Å². The molecule has 0 aromatic rings. The highest BCUT2D eigenvalue weighted by Gasteiger charge is 2.24. The molecule has 1 amide bonds. The maximum atomic E-state index is 12.3. The molecule has 1 rings (SSSR count). The first-order valence-corrected chi connectivity index (χ1v) is 7.79. The Labute approximate surface area is 118 Å². The van der Waals surface area contributed by atoms with Crippen LogP contribution in [0.4, 0.5) is 0 Å². The number of amides is 1. The van der Waals surface area contributed by atoms with Gasteiger partial charge in [-0.3, -0.25) is 9.69 Å². The second-order valence-electron chi connectivity index (χ2n) is 6.20. The molecule has 1 aliphatic rings. The maximum Gasteiger partial charge on any atom is 0.237 e. The molecule has 0 saturated heterocycles. The number of hydrogen-bond donors (Lipinski definition) is 2. The van der Waals surface area contributed by atoms with Crippen LogP contribution in [0, 0.1) is 5.92 Å². The molecule has 0 radical (unpaired) electrons. The van der Waals surface area contributed by atoms with E-state index in [-0.39, 0.29) is 11.9 Å². The summed E-state index contributed by atoms with van der Waals surface area (Å²) in [5.41, 5.74) is 5.59. The highest BCUT2D eigenvalue weighted by atomic mass is 16.2. The standard InChI is InChI=1S/C15H31N3O/c1-12(2)11-18(10-6-9-16)13(3)15(19)17-14-7-4-5-8-14/h12-14H,4-11,16H2,1-3H3,(H,17,19). The minimum Gasteiger partial charge on any atom is -0.352 e. The maximum absolute atomic E-state index is 12.3. The van der Waals surface area contributed by atoms with Crippen LogP contribution in [-0.2, 0) is 4.79 Å². The van der Waals surface area contributed by atoms with Crippen molar-refractivity contribution < 1.29 is 4.79 Å². The van der Waals surface area contributed by atoms with Gasteiger partial charge in [-0.15, -0.1) is 0 Å². The SMILES string of the molecule is CC(C)CN(CCCN)C(C)C(=O)NC1CCCC1. The first-order chi connectivity index (χ1) is 9.04. The number of hydrogen-bond acceptors (Lipinski definition) is 3. The van der Waals surface area contributed by atoms with Crippen LogP contribution in [0.5, 0.6) is 0 Å². The van der Waals surface area contributed by atoms with Crippen molar-refractivity contribution in [3.8, 4) is 0 Å². The van der Waals surface area contributed by atoms with Crippen molar-refractivity contribution in [3.63, 3.8) is 0 Å². The molecule has 112 valence electrons. The lowest BCUT2D eigenvalue weighted by Crippen LogP contribution is -2.49. The lowest BCUT2D eigenvalue weighted by Gasteiger charge is -2.30. The monoisotopic (exact) mass is 269 g/mol. The molecule has 1 saturated carbocycles. The zero-order chi connectivity index (χ0) is 14.3. The van der Waals surface area contributed by atoms with Crippen LogP contribution >= 0.6 is 0 Å². The van der Waals surface area contributed by atoms with Gasteiger partial charge < -0.3 is 11.1 Å². The molecule has 1 unspecified atom stereocenters. The fourth-order valence-corrected chi connectivity index (χ4v) is 2.76. The Kier molecular flexibility index (Phi) is 7.39. The third kappa shape index (κ3) is 5.91. The van der Waals surface area contributed by atoms with Crippen molar-refractivity contribution in [1.82, 2.24) is 10.2 Å². The quantitative estimate of drug-likeness (QED) is 0.705. The number of nitrogens with one attached hydrogen (secondary N) is 1. The minimum atomic E-state index is -0.0467. The van der Waals surface area contributed by atoms with Crippen LogP contribution in [0.25, 0.3) is 0 Å². The molecule has 19 heavy (non-hydrogen) atoms. The van der Waals surface area contributed by atoms with E-state index >= 15 is 0 Å². The Hall–Kier alpha value is -0.610. The molecule has 4 heteroatoms. The highest BCUT2D eigenvalue weighted by molar-refractivity contribution is 5.81. The predicted molar refractivity (Wildman–Crippen MR) is 79.9 cm³/mol. The van der Waals surface area contributed by atoms with Gasteiger partial charge in [0, 0.05) is 19.1 Å². The zero-order valence-electron chi connectivity index (χ0n) is 12.8. The van der Waals surface area contributed by atoms with Crippen molar-refractivity contribution in [2.75, 3.05) is 19.6 Å². The van der Waals surface area contributed by atoms with E-state index in [9.17, 15) is 4.79 Å². The van der Waals surface area contributed by atoms with Gasteiger partial charge in [-0.05, 0) is 38.6 Å². The van der Waals surface area contributed by atoms with Gasteiger partial charge in [0.25, 0.3) is 0 Å². The van der Waals surface area contributed by atoms with Gasteiger partial charge in [0.05, 0.1) is 6.04 Å². The fraction of sp³-hybridized carbons (Fsp3) is 0.933. The van der Waals surface area contributed by atoms with E-state index in [1.165, 1.54) is 12.8 Å². The normalized spacial score (nSPS) is 18.2. The van der Waals surface area contributed by atoms with Crippen LogP contribution < -0.4 is 11.1 Å². The number of carbonyl (C=O) groups excluding carboxylic acids is 1. The topological polar surface area (TPSA) is 58.4 Å². The Morgan fingerprint density at radius 3 is 2.47 bits per heavy atom. The third-order valence-corrected chi connectivity index (χ3v) is 3.88. The van der Waals surface area contributed by atoms with Gasteiger partial charge in [0.15, 0.2) is 0 Å². The Morgan fingerprint density at radius 2 is 1.95 bits per heavy atom. The second kappa shape index (κ2) is 8.54. The average molecular weight is 269 g/mol. The molecule has 4 nitrogen and oxygen atoms in total. The molecule has 0 aromatic heterocycles. The van der Waals surface area contributed by atoms with Gasteiger partial charge in [0.2, 0.25) is 5.91 Å². The van der Waals surface area contributed by atoms with E-state index in [2.05, 4.69) is 24.1 Å². The van der Waals surface area contributed by atoms with Crippen molar-refractivity contribution in [3.05, 3.63) is 0 Å². The van der Waals surface area contributed by atoms with Gasteiger partial charge in [0.1, 0.15) is 0 Å². The van der Waals surface area contributed by atoms with E-state index in [1.807, 2.05) is 6.92 Å². The number of nitrogens with zero attached hydrogens (tertiary/aromatic N) is 1. The van der Waals surface area contributed by atoms with E-state index in [0.717, 1.165) is 32.4 Å². The number of nitrogens with two attached hydrogens (primary N) is 1. The summed E-state index contributed by atoms with van der Waals surface area (Å²) >= 11 is 0. The zero-order valence-corrected chi connectivity index (χ0v) is 12.8. The molecule has 0 spiro atoms. The first-order valence-electron chi connectivity index (χ1n) is 7.79. The molecular weight excluding hydrogens is 238 g/mol. The molecule has 3 N–H and O–H groups in total. The molecular formula is C15H31N3O. The fourth-order valence-electron chi connectivity index (χ4n) is 2.76. The number of carbonyl (C=O) groups is 1. The molecule has 1 fully saturated rings. The lowest BCUT2D eigenvalue weighted by atomic mass is 10.1. The van der Waals surface area contributed by atoms with Crippen molar-refractivity contribution in [2.45, 2.75) is 65.0 Å². The van der Waals surface area contributed by atoms with Crippen LogP contribution in [0.2, 0.25) is 0 Å². The molecule has 0 aliphatic heterocycles. The Balaban J connectivity index is 2.47. The van der Waals surface area contributed by atoms with E-state index in [1.54, 1.807) is 0 Å². The smallest absolute Gasteiger partial charge is 0.237 e. The summed E-state index contributed by atoms with van der Waals surface area (Å²) in [5.74, 6) is 0.754. The Bertz CT molecular complexity index is 262. The molecule has 0 bridgehead atoms. The highest BCUT2D eigenvalue weighted by Crippen LogP contribution is 2.18. The van der Waals surface area contributed by atoms with Crippen molar-refractivity contribution in [2.24, 2.45) is 11.7 Å². The van der Waals surface area contributed by atoms with Gasteiger partial charge >= 0.3 is 0 Å². The van der Waals surface area contributed by atoms with Gasteiger partial charge in [-0.2, -0.15) is 0 Å². The molecule has 1 aliphatic carbocycles. The van der Waals surface area contributed by atoms with Crippen LogP contribution in [0.1, 0.15) is 52.9 Å². The summed E-state index contributed by atoms with van der Waals surface area (Å²) in [6.45, 7) is 8.95. The van der Waals surface area contributed by atoms with Gasteiger partial charge in [-0.1, -0.05) is 26.7 Å². The van der Waals surface area contributed by atoms with Crippen molar-refractivity contribution in [1.29, 1.82) is 0 Å². The molecule has 0 heterocycles. The average Bonchev–Trinajstić information content (AvgIpc) is 2.85. The summed E-state index contributed by atoms with van der Waals surface area (Å²) in [6.07, 6.45) is 5.75. The molecule has 0 aromatic carbocycles. The van der Waals surface area contributed by atoms with Crippen LogP contribution in [0.15, 0.2) is 0 Å². The lowest BCUT2D eigenvalue weighted by molar-refractivity contribution is -0.126. The second-order valence-corrected chi connectivity index (χ2v) is 6.20. The summed E-state index contributed by atoms with van der Waals surface area (Å²) in [6, 6.07) is 0.361. The van der Waals surface area contributed by atoms with E-state index in [0.29, 0.717) is 18.5 Å². The number of rotatable bonds is 8. The molecule has 1 atom stereocenters. The Morgan fingerprint density at radius 1 is 1.32 bits per heavy atom. The summed E-state index contributed by atoms with van der Waals surface area (Å²) in [7, 11) is 0. The van der Waals surface area contributed by atoms with Crippen LogP contribution in [-0.4, -0.2) is 42.5 Å². The van der Waals surface area contributed by atoms with Gasteiger partial charge in [-0.25, -0.2) is 0 Å². The largest absolute Gasteiger partial charge is 0.352 e. The summed E-state index contributed by atoms with van der Waals surface area (Å²) in [4.78, 5) is 14.6. The summed E-state index contributed by atoms with van der Waals surface area (Å²) in [5, 5.41) is 3.20. The minimum absolute atomic E-state index is 0.0467. The summed E-state index contributed by atoms with van der Waals surface area (Å²) < 4.78 is 0. The third-order valence-electron chi connectivity index (χ3n) is 3.88. The van der Waals surface area contributed by atoms with E-state index in [4.69, 9.17) is 5.73 Å².